The molecule has 2 heteroatoms. The highest BCUT2D eigenvalue weighted by atomic mass is 16.2. The molecule has 0 aliphatic carbocycles. The summed E-state index contributed by atoms with van der Waals surface area (Å²) >= 11 is 0. The van der Waals surface area contributed by atoms with Gasteiger partial charge in [-0.05, 0) is 12.8 Å². The summed E-state index contributed by atoms with van der Waals surface area (Å²) < 4.78 is 0. The lowest BCUT2D eigenvalue weighted by Crippen LogP contribution is -2.19. The Morgan fingerprint density at radius 1 is 1.64 bits per heavy atom. The summed E-state index contributed by atoms with van der Waals surface area (Å²) in [5.74, 6) is 0.233. The number of hydrogen-bond donors (Lipinski definition) is 0. The zero-order valence-electron chi connectivity index (χ0n) is 7.26. The van der Waals surface area contributed by atoms with Crippen LogP contribution >= 0.6 is 0 Å². The summed E-state index contributed by atoms with van der Waals surface area (Å²) in [6.45, 7) is 2.16. The summed E-state index contributed by atoms with van der Waals surface area (Å²) in [7, 11) is 1.86. The van der Waals surface area contributed by atoms with Gasteiger partial charge in [-0.3, -0.25) is 4.79 Å². The number of nitrogens with zero attached hydrogens (tertiary/aromatic N) is 1. The minimum atomic E-state index is 0.233. The summed E-state index contributed by atoms with van der Waals surface area (Å²) in [4.78, 5) is 12.8. The molecule has 62 valence electrons. The fourth-order valence-electron chi connectivity index (χ4n) is 1.27. The highest BCUT2D eigenvalue weighted by Gasteiger charge is 2.17. The molecule has 0 unspecified atom stereocenters. The van der Waals surface area contributed by atoms with Gasteiger partial charge in [0.05, 0.1) is 0 Å². The standard InChI is InChI=1S/C9H15NO/c1-3-4-5-8-6-7-9(11)10(8)2/h6H,3-5,7H2,1-2H3. The largest absolute Gasteiger partial charge is 0.319 e. The van der Waals surface area contributed by atoms with Crippen LogP contribution in [0, 0.1) is 0 Å². The molecule has 0 fully saturated rings. The maximum Gasteiger partial charge on any atom is 0.230 e. The molecule has 0 aromatic heterocycles. The topological polar surface area (TPSA) is 20.3 Å². The lowest BCUT2D eigenvalue weighted by Gasteiger charge is -2.13. The van der Waals surface area contributed by atoms with Crippen molar-refractivity contribution in [3.8, 4) is 0 Å². The summed E-state index contributed by atoms with van der Waals surface area (Å²) in [5.41, 5.74) is 1.21. The number of hydrogen-bond acceptors (Lipinski definition) is 1. The molecule has 1 aliphatic heterocycles. The second-order valence-electron chi connectivity index (χ2n) is 2.96. The first-order valence-corrected chi connectivity index (χ1v) is 4.21. The van der Waals surface area contributed by atoms with E-state index in [4.69, 9.17) is 0 Å². The van der Waals surface area contributed by atoms with Crippen LogP contribution in [0.2, 0.25) is 0 Å². The summed E-state index contributed by atoms with van der Waals surface area (Å²) in [6.07, 6.45) is 6.08. The van der Waals surface area contributed by atoms with Gasteiger partial charge in [-0.1, -0.05) is 19.4 Å². The Hall–Kier alpha value is -0.790. The van der Waals surface area contributed by atoms with E-state index in [1.165, 1.54) is 18.5 Å². The van der Waals surface area contributed by atoms with Gasteiger partial charge >= 0.3 is 0 Å². The Morgan fingerprint density at radius 2 is 2.36 bits per heavy atom. The zero-order valence-corrected chi connectivity index (χ0v) is 7.26. The van der Waals surface area contributed by atoms with Gasteiger partial charge in [-0.15, -0.1) is 0 Å². The number of allylic oxidation sites excluding steroid dienone is 1. The van der Waals surface area contributed by atoms with Crippen molar-refractivity contribution >= 4 is 5.91 Å². The van der Waals surface area contributed by atoms with Crippen molar-refractivity contribution < 1.29 is 4.79 Å². The molecule has 11 heavy (non-hydrogen) atoms. The first-order valence-electron chi connectivity index (χ1n) is 4.21. The quantitative estimate of drug-likeness (QED) is 0.606. The third-order valence-electron chi connectivity index (χ3n) is 2.10. The van der Waals surface area contributed by atoms with Crippen LogP contribution in [0.15, 0.2) is 11.8 Å². The molecule has 1 heterocycles. The molecule has 0 atom stereocenters. The van der Waals surface area contributed by atoms with E-state index >= 15 is 0 Å². The first-order chi connectivity index (χ1) is 5.25. The fraction of sp³-hybridized carbons (Fsp3) is 0.667. The zero-order chi connectivity index (χ0) is 8.27. The molecule has 0 saturated heterocycles. The molecule has 1 aliphatic rings. The van der Waals surface area contributed by atoms with Gasteiger partial charge in [-0.2, -0.15) is 0 Å². The van der Waals surface area contributed by atoms with Crippen LogP contribution in [0.3, 0.4) is 0 Å². The van der Waals surface area contributed by atoms with Gasteiger partial charge in [0.2, 0.25) is 5.91 Å². The molecule has 1 amide bonds. The molecule has 0 aromatic rings. The van der Waals surface area contributed by atoms with E-state index in [0.29, 0.717) is 6.42 Å². The molecule has 0 radical (unpaired) electrons. The molecule has 0 bridgehead atoms. The molecule has 0 spiro atoms. The van der Waals surface area contributed by atoms with E-state index in [1.807, 2.05) is 13.1 Å². The van der Waals surface area contributed by atoms with Crippen molar-refractivity contribution in [2.75, 3.05) is 7.05 Å². The van der Waals surface area contributed by atoms with Gasteiger partial charge in [0.1, 0.15) is 0 Å². The number of rotatable bonds is 3. The van der Waals surface area contributed by atoms with Crippen LogP contribution in [0.4, 0.5) is 0 Å². The second kappa shape index (κ2) is 3.56. The van der Waals surface area contributed by atoms with E-state index in [2.05, 4.69) is 6.92 Å². The van der Waals surface area contributed by atoms with Crippen LogP contribution in [0.25, 0.3) is 0 Å². The SMILES string of the molecule is CCCCC1=CCC(=O)N1C. The van der Waals surface area contributed by atoms with Crippen molar-refractivity contribution in [2.45, 2.75) is 32.6 Å². The van der Waals surface area contributed by atoms with Crippen LogP contribution in [0.1, 0.15) is 32.6 Å². The maximum atomic E-state index is 11.0. The van der Waals surface area contributed by atoms with Crippen LogP contribution in [-0.4, -0.2) is 17.9 Å². The van der Waals surface area contributed by atoms with Gasteiger partial charge in [0.15, 0.2) is 0 Å². The Kier molecular flexibility index (Phi) is 2.69. The minimum Gasteiger partial charge on any atom is -0.319 e. The van der Waals surface area contributed by atoms with E-state index < -0.39 is 0 Å². The van der Waals surface area contributed by atoms with E-state index in [-0.39, 0.29) is 5.91 Å². The van der Waals surface area contributed by atoms with Crippen molar-refractivity contribution in [1.82, 2.24) is 4.90 Å². The minimum absolute atomic E-state index is 0.233. The molecule has 2 nitrogen and oxygen atoms in total. The van der Waals surface area contributed by atoms with Gasteiger partial charge in [0.25, 0.3) is 0 Å². The van der Waals surface area contributed by atoms with Crippen molar-refractivity contribution in [2.24, 2.45) is 0 Å². The van der Waals surface area contributed by atoms with Crippen LogP contribution < -0.4 is 0 Å². The number of amides is 1. The van der Waals surface area contributed by atoms with Crippen molar-refractivity contribution in [3.05, 3.63) is 11.8 Å². The van der Waals surface area contributed by atoms with E-state index in [9.17, 15) is 4.79 Å². The lowest BCUT2D eigenvalue weighted by molar-refractivity contribution is -0.126. The summed E-state index contributed by atoms with van der Waals surface area (Å²) in [6, 6.07) is 0. The molecular formula is C9H15NO. The third-order valence-corrected chi connectivity index (χ3v) is 2.10. The Bertz CT molecular complexity index is 184. The average Bonchev–Trinajstić information content (AvgIpc) is 2.31. The molecule has 1 rings (SSSR count). The normalized spacial score (nSPS) is 17.5. The lowest BCUT2D eigenvalue weighted by atomic mass is 10.2. The Labute approximate surface area is 67.9 Å². The van der Waals surface area contributed by atoms with Crippen molar-refractivity contribution in [1.29, 1.82) is 0 Å². The maximum absolute atomic E-state index is 11.0. The number of carbonyl (C=O) groups excluding carboxylic acids is 1. The first kappa shape index (κ1) is 8.31. The summed E-state index contributed by atoms with van der Waals surface area (Å²) in [5, 5.41) is 0. The Balaban J connectivity index is 2.41. The van der Waals surface area contributed by atoms with Crippen LogP contribution in [-0.2, 0) is 4.79 Å². The van der Waals surface area contributed by atoms with Gasteiger partial charge < -0.3 is 4.90 Å². The van der Waals surface area contributed by atoms with Crippen LogP contribution in [0.5, 0.6) is 0 Å². The van der Waals surface area contributed by atoms with E-state index in [1.54, 1.807) is 4.90 Å². The fourth-order valence-corrected chi connectivity index (χ4v) is 1.27. The molecule has 0 saturated carbocycles. The van der Waals surface area contributed by atoms with Gasteiger partial charge in [0, 0.05) is 19.2 Å². The van der Waals surface area contributed by atoms with E-state index in [0.717, 1.165) is 6.42 Å². The number of carbonyl (C=O) groups is 1. The third kappa shape index (κ3) is 1.82. The second-order valence-corrected chi connectivity index (χ2v) is 2.96. The number of unbranched alkanes of at least 4 members (excludes halogenated alkanes) is 1. The van der Waals surface area contributed by atoms with Gasteiger partial charge in [-0.25, -0.2) is 0 Å². The predicted molar refractivity (Wildman–Crippen MR) is 45.0 cm³/mol. The molecular weight excluding hydrogens is 138 g/mol. The molecule has 0 aromatic carbocycles. The smallest absolute Gasteiger partial charge is 0.230 e. The Morgan fingerprint density at radius 3 is 2.82 bits per heavy atom. The highest BCUT2D eigenvalue weighted by Crippen LogP contribution is 2.18. The van der Waals surface area contributed by atoms with Crippen molar-refractivity contribution in [3.63, 3.8) is 0 Å². The highest BCUT2D eigenvalue weighted by molar-refractivity contribution is 5.82. The predicted octanol–water partition coefficient (Wildman–Crippen LogP) is 1.92. The average molecular weight is 153 g/mol. The monoisotopic (exact) mass is 153 g/mol. The molecule has 0 N–H and O–H groups in total.